The molecule has 312 valence electrons. The number of hydrogen-bond acceptors (Lipinski definition) is 0. The third kappa shape index (κ3) is 12.4. The molecule has 8 rings (SSSR count). The SMILES string of the molecule is CCC1(Cc2cc3c(-c4cc(C)cc(C)c4)cccc3[cH-]2)CCCCC1.CCC1(Cc2cc3c(-c4cc(C)cc(C)c4)cccc3[cH-]2)CCCCC1.Cl.Cl.[CH3-].[CH3-].[Si]=[Zr]. The van der Waals surface area contributed by atoms with Crippen molar-refractivity contribution in [1.29, 1.82) is 0 Å². The number of fused-ring (bicyclic) bond motifs is 2. The van der Waals surface area contributed by atoms with Crippen LogP contribution in [0, 0.1) is 53.4 Å². The third-order valence-electron chi connectivity index (χ3n) is 13.2. The van der Waals surface area contributed by atoms with E-state index < -0.39 is 0 Å². The van der Waals surface area contributed by atoms with Gasteiger partial charge in [-0.2, -0.15) is 12.1 Å². The van der Waals surface area contributed by atoms with E-state index in [-0.39, 0.29) is 39.7 Å². The summed E-state index contributed by atoms with van der Waals surface area (Å²) in [7, 11) is 0. The summed E-state index contributed by atoms with van der Waals surface area (Å²) in [5.41, 5.74) is 15.0. The molecule has 0 nitrogen and oxygen atoms in total. The zero-order chi connectivity index (χ0) is 38.3. The number of rotatable bonds is 8. The molecule has 6 aromatic rings. The van der Waals surface area contributed by atoms with E-state index in [0.717, 1.165) is 0 Å². The van der Waals surface area contributed by atoms with Crippen LogP contribution < -0.4 is 0 Å². The quantitative estimate of drug-likeness (QED) is 0.105. The Morgan fingerprint density at radius 3 is 1.14 bits per heavy atom. The second kappa shape index (κ2) is 23.7. The summed E-state index contributed by atoms with van der Waals surface area (Å²) in [5.74, 6) is 0. The van der Waals surface area contributed by atoms with E-state index in [1.54, 1.807) is 11.1 Å². The Labute approximate surface area is 383 Å². The first-order valence-electron chi connectivity index (χ1n) is 21.0. The third-order valence-corrected chi connectivity index (χ3v) is 13.2. The molecule has 2 aliphatic rings. The van der Waals surface area contributed by atoms with Crippen molar-refractivity contribution in [1.82, 2.24) is 0 Å². The fourth-order valence-electron chi connectivity index (χ4n) is 10.3. The minimum absolute atomic E-state index is 0. The van der Waals surface area contributed by atoms with Crippen LogP contribution in [-0.4, -0.2) is 6.88 Å². The van der Waals surface area contributed by atoms with E-state index in [1.165, 1.54) is 179 Å². The molecule has 4 heteroatoms. The number of benzene rings is 4. The first-order valence-corrected chi connectivity index (χ1v) is 25.1. The molecule has 0 aromatic heterocycles. The number of hydrogen-bond donors (Lipinski definition) is 0. The van der Waals surface area contributed by atoms with E-state index in [1.807, 2.05) is 0 Å². The van der Waals surface area contributed by atoms with Crippen LogP contribution in [-0.2, 0) is 36.2 Å². The Morgan fingerprint density at radius 1 is 0.500 bits per heavy atom. The average Bonchev–Trinajstić information content (AvgIpc) is 3.78. The summed E-state index contributed by atoms with van der Waals surface area (Å²) >= 11 is 1.36. The predicted molar refractivity (Wildman–Crippen MR) is 261 cm³/mol. The molecular formula is C54H70Cl2SiZr-4. The van der Waals surface area contributed by atoms with Gasteiger partial charge in [0.1, 0.15) is 0 Å². The van der Waals surface area contributed by atoms with E-state index in [2.05, 4.69) is 145 Å². The van der Waals surface area contributed by atoms with Gasteiger partial charge in [0.25, 0.3) is 0 Å². The molecule has 0 atom stereocenters. The Bertz CT molecular complexity index is 1960. The van der Waals surface area contributed by atoms with Crippen LogP contribution in [0.2, 0.25) is 0 Å². The molecule has 2 aliphatic carbocycles. The Balaban J connectivity index is 0.000000360. The molecule has 2 radical (unpaired) electrons. The van der Waals surface area contributed by atoms with Gasteiger partial charge in [0.15, 0.2) is 0 Å². The van der Waals surface area contributed by atoms with Gasteiger partial charge in [0.05, 0.1) is 0 Å². The van der Waals surface area contributed by atoms with Crippen LogP contribution >= 0.6 is 24.8 Å². The summed E-state index contributed by atoms with van der Waals surface area (Å²) in [6, 6.07) is 37.2. The zero-order valence-electron chi connectivity index (χ0n) is 37.0. The van der Waals surface area contributed by atoms with Crippen molar-refractivity contribution in [2.75, 3.05) is 0 Å². The van der Waals surface area contributed by atoms with Gasteiger partial charge >= 0.3 is 30.2 Å². The van der Waals surface area contributed by atoms with E-state index in [9.17, 15) is 0 Å². The molecular weight excluding hydrogens is 839 g/mol. The zero-order valence-corrected chi connectivity index (χ0v) is 42.0. The van der Waals surface area contributed by atoms with Crippen LogP contribution in [0.3, 0.4) is 0 Å². The van der Waals surface area contributed by atoms with Gasteiger partial charge in [-0.1, -0.05) is 147 Å². The summed E-state index contributed by atoms with van der Waals surface area (Å²) in [6.07, 6.45) is 19.3. The van der Waals surface area contributed by atoms with Crippen molar-refractivity contribution in [2.24, 2.45) is 10.8 Å². The fourth-order valence-corrected chi connectivity index (χ4v) is 10.3. The minimum atomic E-state index is 0. The van der Waals surface area contributed by atoms with Crippen LogP contribution in [0.1, 0.15) is 124 Å². The van der Waals surface area contributed by atoms with Crippen molar-refractivity contribution in [2.45, 2.75) is 131 Å². The van der Waals surface area contributed by atoms with Gasteiger partial charge < -0.3 is 14.9 Å². The maximum atomic E-state index is 3.06. The molecule has 6 aromatic carbocycles. The first-order chi connectivity index (χ1) is 26.2. The summed E-state index contributed by atoms with van der Waals surface area (Å²) in [6.45, 7) is 16.6. The Hall–Kier alpha value is -2.22. The fraction of sp³-hybridized carbons (Fsp3) is 0.407. The van der Waals surface area contributed by atoms with Gasteiger partial charge in [0.2, 0.25) is 0 Å². The van der Waals surface area contributed by atoms with Crippen molar-refractivity contribution >= 4 is 53.2 Å². The van der Waals surface area contributed by atoms with Crippen LogP contribution in [0.25, 0.3) is 43.8 Å². The molecule has 2 saturated carbocycles. The molecule has 0 bridgehead atoms. The molecule has 0 aliphatic heterocycles. The van der Waals surface area contributed by atoms with Gasteiger partial charge in [-0.05, 0) is 88.2 Å². The van der Waals surface area contributed by atoms with E-state index >= 15 is 0 Å². The van der Waals surface area contributed by atoms with E-state index in [0.29, 0.717) is 10.8 Å². The van der Waals surface area contributed by atoms with Crippen LogP contribution in [0.15, 0.2) is 97.1 Å². The van der Waals surface area contributed by atoms with Gasteiger partial charge in [-0.15, -0.1) is 93.9 Å². The molecule has 58 heavy (non-hydrogen) atoms. The molecule has 0 heterocycles. The van der Waals surface area contributed by atoms with Crippen molar-refractivity contribution in [3.05, 3.63) is 145 Å². The number of halogens is 2. The molecule has 0 amide bonds. The molecule has 0 N–H and O–H groups in total. The predicted octanol–water partition coefficient (Wildman–Crippen LogP) is 16.9. The van der Waals surface area contributed by atoms with Crippen LogP contribution in [0.4, 0.5) is 0 Å². The Morgan fingerprint density at radius 2 is 0.828 bits per heavy atom. The first kappa shape index (κ1) is 51.9. The van der Waals surface area contributed by atoms with Crippen molar-refractivity contribution in [3.63, 3.8) is 0 Å². The average molecular weight is 909 g/mol. The normalized spacial score (nSPS) is 15.2. The summed E-state index contributed by atoms with van der Waals surface area (Å²) in [4.78, 5) is 0. The summed E-state index contributed by atoms with van der Waals surface area (Å²) < 4.78 is 0. The van der Waals surface area contributed by atoms with Crippen LogP contribution in [0.5, 0.6) is 0 Å². The molecule has 0 saturated heterocycles. The van der Waals surface area contributed by atoms with Crippen molar-refractivity contribution < 1.29 is 23.3 Å². The Kier molecular flexibility index (Phi) is 21.2. The van der Waals surface area contributed by atoms with Crippen molar-refractivity contribution in [3.8, 4) is 22.3 Å². The molecule has 0 spiro atoms. The molecule has 0 unspecified atom stereocenters. The second-order valence-electron chi connectivity index (χ2n) is 17.3. The van der Waals surface area contributed by atoms with Gasteiger partial charge in [-0.25, -0.2) is 0 Å². The second-order valence-corrected chi connectivity index (χ2v) is 17.3. The monoisotopic (exact) mass is 906 g/mol. The standard InChI is InChI=1S/2C26H31.2CH3.2ClH.Si.Zr/c2*1-4-26(11-6-5-7-12-26)18-21-16-22-9-8-10-24(25(22)17-21)23-14-19(2)13-20(3)15-23;;;;;;/h2*8-10,13-17H,4-7,11-12,18H2,1-3H3;2*1H3;2*1H;;/q4*-1;;;;. The topological polar surface area (TPSA) is 0 Å². The number of aryl methyl sites for hydroxylation is 4. The van der Waals surface area contributed by atoms with Gasteiger partial charge in [-0.3, -0.25) is 0 Å². The molecule has 2 fully saturated rings. The van der Waals surface area contributed by atoms with E-state index in [4.69, 9.17) is 0 Å². The van der Waals surface area contributed by atoms with Gasteiger partial charge in [0, 0.05) is 0 Å². The maximum absolute atomic E-state index is 3.06. The summed E-state index contributed by atoms with van der Waals surface area (Å²) in [5, 5.41) is 5.65.